The molecule has 0 aromatic carbocycles. The van der Waals surface area contributed by atoms with Gasteiger partial charge in [0, 0.05) is 6.54 Å². The first-order chi connectivity index (χ1) is 9.41. The molecule has 1 fully saturated rings. The van der Waals surface area contributed by atoms with Gasteiger partial charge in [0.1, 0.15) is 11.6 Å². The predicted octanol–water partition coefficient (Wildman–Crippen LogP) is 3.52. The molecule has 1 aliphatic rings. The third kappa shape index (κ3) is 5.56. The number of nitrogens with zero attached hydrogens (tertiary/aromatic N) is 1. The average Bonchev–Trinajstić information content (AvgIpc) is 2.23. The molecule has 122 valence electrons. The van der Waals surface area contributed by atoms with Crippen LogP contribution in [0.5, 0.6) is 0 Å². The maximum absolute atomic E-state index is 12.3. The van der Waals surface area contributed by atoms with Gasteiger partial charge in [-0.15, -0.1) is 0 Å². The summed E-state index contributed by atoms with van der Waals surface area (Å²) < 4.78 is 5.36. The Morgan fingerprint density at radius 3 is 2.19 bits per heavy atom. The maximum atomic E-state index is 12.3. The number of piperidine rings is 1. The van der Waals surface area contributed by atoms with Crippen molar-refractivity contribution < 1.29 is 19.4 Å². The second-order valence-electron chi connectivity index (χ2n) is 8.12. The number of carboxylic acid groups (broad SMARTS) is 1. The fraction of sp³-hybridized carbons (Fsp3) is 0.875. The Balaban J connectivity index is 2.92. The molecule has 21 heavy (non-hydrogen) atoms. The molecular weight excluding hydrogens is 270 g/mol. The first kappa shape index (κ1) is 17.8. The lowest BCUT2D eigenvalue weighted by Gasteiger charge is -2.41. The zero-order valence-electron chi connectivity index (χ0n) is 14.1. The lowest BCUT2D eigenvalue weighted by Crippen LogP contribution is -2.54. The molecule has 0 radical (unpaired) electrons. The Morgan fingerprint density at radius 1 is 1.19 bits per heavy atom. The highest BCUT2D eigenvalue weighted by Gasteiger charge is 2.42. The standard InChI is InChI=1S/C16H29NO4/c1-15(2,3)10-11-8-7-9-17(12(11)13(18)19)14(20)21-16(4,5)6/h11-12H,7-10H2,1-6H3,(H,18,19)/t11-,12-/m0/s1. The van der Waals surface area contributed by atoms with Gasteiger partial charge in [-0.1, -0.05) is 20.8 Å². The largest absolute Gasteiger partial charge is 0.480 e. The first-order valence-electron chi connectivity index (χ1n) is 7.63. The van der Waals surface area contributed by atoms with E-state index in [1.54, 1.807) is 20.8 Å². The van der Waals surface area contributed by atoms with E-state index in [0.29, 0.717) is 6.54 Å². The molecule has 0 saturated carbocycles. The zero-order valence-corrected chi connectivity index (χ0v) is 14.1. The van der Waals surface area contributed by atoms with E-state index in [0.717, 1.165) is 19.3 Å². The molecule has 0 aromatic heterocycles. The van der Waals surface area contributed by atoms with Crippen molar-refractivity contribution in [2.24, 2.45) is 11.3 Å². The molecule has 1 heterocycles. The van der Waals surface area contributed by atoms with Crippen LogP contribution in [-0.4, -0.2) is 40.3 Å². The fourth-order valence-electron chi connectivity index (χ4n) is 2.94. The van der Waals surface area contributed by atoms with Crippen LogP contribution in [0.1, 0.15) is 60.8 Å². The number of amides is 1. The molecule has 5 nitrogen and oxygen atoms in total. The first-order valence-corrected chi connectivity index (χ1v) is 7.63. The van der Waals surface area contributed by atoms with Crippen LogP contribution in [0.3, 0.4) is 0 Å². The van der Waals surface area contributed by atoms with Crippen LogP contribution in [-0.2, 0) is 9.53 Å². The molecule has 2 atom stereocenters. The van der Waals surface area contributed by atoms with E-state index in [2.05, 4.69) is 20.8 Å². The van der Waals surface area contributed by atoms with Crippen LogP contribution < -0.4 is 0 Å². The molecule has 0 aliphatic carbocycles. The lowest BCUT2D eigenvalue weighted by molar-refractivity contribution is -0.147. The molecule has 1 rings (SSSR count). The monoisotopic (exact) mass is 299 g/mol. The van der Waals surface area contributed by atoms with Crippen molar-refractivity contribution in [3.05, 3.63) is 0 Å². The van der Waals surface area contributed by atoms with Crippen LogP contribution in [0.2, 0.25) is 0 Å². The minimum atomic E-state index is -0.935. The average molecular weight is 299 g/mol. The summed E-state index contributed by atoms with van der Waals surface area (Å²) in [6.07, 6.45) is 1.93. The van der Waals surface area contributed by atoms with Gasteiger partial charge in [0.2, 0.25) is 0 Å². The number of likely N-dealkylation sites (tertiary alicyclic amines) is 1. The molecule has 0 aromatic rings. The van der Waals surface area contributed by atoms with Crippen LogP contribution in [0.4, 0.5) is 4.79 Å². The van der Waals surface area contributed by atoms with Crippen LogP contribution in [0.25, 0.3) is 0 Å². The molecule has 1 aliphatic heterocycles. The Labute approximate surface area is 127 Å². The molecule has 0 spiro atoms. The quantitative estimate of drug-likeness (QED) is 0.847. The van der Waals surface area contributed by atoms with Crippen molar-refractivity contribution in [3.63, 3.8) is 0 Å². The van der Waals surface area contributed by atoms with Crippen molar-refractivity contribution in [1.29, 1.82) is 0 Å². The number of carbonyl (C=O) groups is 2. The number of ether oxygens (including phenoxy) is 1. The minimum Gasteiger partial charge on any atom is -0.480 e. The van der Waals surface area contributed by atoms with E-state index in [9.17, 15) is 14.7 Å². The second-order valence-corrected chi connectivity index (χ2v) is 8.12. The topological polar surface area (TPSA) is 66.8 Å². The highest BCUT2D eigenvalue weighted by atomic mass is 16.6. The summed E-state index contributed by atoms with van der Waals surface area (Å²) in [4.78, 5) is 25.4. The van der Waals surface area contributed by atoms with Crippen LogP contribution in [0.15, 0.2) is 0 Å². The van der Waals surface area contributed by atoms with E-state index in [1.807, 2.05) is 0 Å². The van der Waals surface area contributed by atoms with Crippen molar-refractivity contribution >= 4 is 12.1 Å². The van der Waals surface area contributed by atoms with Crippen LogP contribution >= 0.6 is 0 Å². The number of aliphatic carboxylic acids is 1. The number of hydrogen-bond acceptors (Lipinski definition) is 3. The van der Waals surface area contributed by atoms with E-state index >= 15 is 0 Å². The molecule has 0 bridgehead atoms. The fourth-order valence-corrected chi connectivity index (χ4v) is 2.94. The third-order valence-corrected chi connectivity index (χ3v) is 3.51. The van der Waals surface area contributed by atoms with Crippen molar-refractivity contribution in [3.8, 4) is 0 Å². The SMILES string of the molecule is CC(C)(C)C[C@@H]1CCCN(C(=O)OC(C)(C)C)[C@@H]1C(=O)O. The van der Waals surface area contributed by atoms with E-state index < -0.39 is 23.7 Å². The smallest absolute Gasteiger partial charge is 0.411 e. The highest BCUT2D eigenvalue weighted by Crippen LogP contribution is 2.35. The number of rotatable bonds is 2. The van der Waals surface area contributed by atoms with Gasteiger partial charge < -0.3 is 9.84 Å². The summed E-state index contributed by atoms with van der Waals surface area (Å²) in [5.74, 6) is -0.960. The normalized spacial score (nSPS) is 23.8. The van der Waals surface area contributed by atoms with Gasteiger partial charge >= 0.3 is 12.1 Å². The predicted molar refractivity (Wildman–Crippen MR) is 81.2 cm³/mol. The molecule has 1 N–H and O–H groups in total. The summed E-state index contributed by atoms with van der Waals surface area (Å²) in [6.45, 7) is 12.1. The van der Waals surface area contributed by atoms with E-state index in [1.165, 1.54) is 4.90 Å². The van der Waals surface area contributed by atoms with Gasteiger partial charge in [-0.25, -0.2) is 9.59 Å². The summed E-state index contributed by atoms with van der Waals surface area (Å²) in [6, 6.07) is -0.784. The highest BCUT2D eigenvalue weighted by molar-refractivity contribution is 5.80. The van der Waals surface area contributed by atoms with Gasteiger partial charge in [-0.3, -0.25) is 4.90 Å². The van der Waals surface area contributed by atoms with Gasteiger partial charge in [-0.2, -0.15) is 0 Å². The maximum Gasteiger partial charge on any atom is 0.411 e. The molecule has 5 heteroatoms. The Morgan fingerprint density at radius 2 is 1.76 bits per heavy atom. The lowest BCUT2D eigenvalue weighted by atomic mass is 9.77. The van der Waals surface area contributed by atoms with Gasteiger partial charge in [0.15, 0.2) is 0 Å². The number of carboxylic acids is 1. The van der Waals surface area contributed by atoms with Gasteiger partial charge in [0.25, 0.3) is 0 Å². The second kappa shape index (κ2) is 6.24. The Bertz CT molecular complexity index is 392. The summed E-state index contributed by atoms with van der Waals surface area (Å²) in [5.41, 5.74) is -0.577. The van der Waals surface area contributed by atoms with Crippen LogP contribution in [0, 0.1) is 11.3 Å². The molecule has 1 amide bonds. The van der Waals surface area contributed by atoms with Crippen molar-refractivity contribution in [2.45, 2.75) is 72.4 Å². The summed E-state index contributed by atoms with van der Waals surface area (Å²) in [7, 11) is 0. The zero-order chi connectivity index (χ0) is 16.4. The summed E-state index contributed by atoms with van der Waals surface area (Å²) >= 11 is 0. The minimum absolute atomic E-state index is 0.0243. The van der Waals surface area contributed by atoms with Gasteiger partial charge in [0.05, 0.1) is 0 Å². The van der Waals surface area contributed by atoms with Gasteiger partial charge in [-0.05, 0) is 51.4 Å². The number of carbonyl (C=O) groups excluding carboxylic acids is 1. The molecular formula is C16H29NO4. The molecule has 0 unspecified atom stereocenters. The van der Waals surface area contributed by atoms with Crippen molar-refractivity contribution in [2.75, 3.05) is 6.54 Å². The number of hydrogen-bond donors (Lipinski definition) is 1. The summed E-state index contributed by atoms with van der Waals surface area (Å²) in [5, 5.41) is 9.57. The molecule has 1 saturated heterocycles. The Hall–Kier alpha value is -1.26. The Kier molecular flexibility index (Phi) is 5.29. The van der Waals surface area contributed by atoms with Crippen molar-refractivity contribution in [1.82, 2.24) is 4.90 Å². The third-order valence-electron chi connectivity index (χ3n) is 3.51. The van der Waals surface area contributed by atoms with E-state index in [-0.39, 0.29) is 11.3 Å². The van der Waals surface area contributed by atoms with E-state index in [4.69, 9.17) is 4.74 Å².